The Bertz CT molecular complexity index is 779. The molecule has 146 valence electrons. The first-order chi connectivity index (χ1) is 12.7. The molecular formula is C19H26N4O4. The number of carbonyl (C=O) groups is 3. The van der Waals surface area contributed by atoms with E-state index in [9.17, 15) is 19.5 Å². The molecule has 1 N–H and O–H groups in total. The third-order valence-electron chi connectivity index (χ3n) is 5.58. The van der Waals surface area contributed by atoms with Crippen LogP contribution in [0.25, 0.3) is 0 Å². The highest BCUT2D eigenvalue weighted by molar-refractivity contribution is 5.96. The van der Waals surface area contributed by atoms with Gasteiger partial charge in [0.25, 0.3) is 5.91 Å². The minimum atomic E-state index is -1.10. The zero-order valence-electron chi connectivity index (χ0n) is 16.2. The van der Waals surface area contributed by atoms with Gasteiger partial charge in [-0.05, 0) is 18.2 Å². The van der Waals surface area contributed by atoms with E-state index in [-0.39, 0.29) is 30.9 Å². The van der Waals surface area contributed by atoms with Gasteiger partial charge in [-0.15, -0.1) is 0 Å². The van der Waals surface area contributed by atoms with Gasteiger partial charge in [0.05, 0.1) is 0 Å². The minimum Gasteiger partial charge on any atom is -0.481 e. The lowest BCUT2D eigenvalue weighted by Crippen LogP contribution is -2.45. The number of fused-ring (bicyclic) bond motifs is 1. The summed E-state index contributed by atoms with van der Waals surface area (Å²) in [4.78, 5) is 43.9. The number of carboxylic acid groups (broad SMARTS) is 1. The summed E-state index contributed by atoms with van der Waals surface area (Å²) in [5, 5.41) is 9.90. The van der Waals surface area contributed by atoms with Gasteiger partial charge in [0.2, 0.25) is 0 Å². The summed E-state index contributed by atoms with van der Waals surface area (Å²) in [6.45, 7) is 0.945. The van der Waals surface area contributed by atoms with Crippen molar-refractivity contribution in [2.24, 2.45) is 11.3 Å². The molecule has 2 fully saturated rings. The normalized spacial score (nSPS) is 23.9. The Balaban J connectivity index is 1.81. The molecule has 2 saturated heterocycles. The first-order valence-corrected chi connectivity index (χ1v) is 8.92. The molecule has 1 aromatic carbocycles. The van der Waals surface area contributed by atoms with Gasteiger partial charge < -0.3 is 24.7 Å². The van der Waals surface area contributed by atoms with E-state index >= 15 is 0 Å². The Kier molecular flexibility index (Phi) is 4.75. The van der Waals surface area contributed by atoms with Crippen molar-refractivity contribution >= 4 is 23.6 Å². The van der Waals surface area contributed by atoms with E-state index in [1.54, 1.807) is 30.0 Å². The van der Waals surface area contributed by atoms with Crippen LogP contribution in [0, 0.1) is 11.3 Å². The fraction of sp³-hybridized carbons (Fsp3) is 0.526. The maximum atomic E-state index is 13.0. The molecule has 2 aliphatic heterocycles. The van der Waals surface area contributed by atoms with Crippen molar-refractivity contribution < 1.29 is 19.5 Å². The van der Waals surface area contributed by atoms with Crippen LogP contribution in [0.4, 0.5) is 10.5 Å². The number of nitrogens with zero attached hydrogens (tertiary/aromatic N) is 4. The van der Waals surface area contributed by atoms with Crippen LogP contribution < -0.4 is 4.90 Å². The molecular weight excluding hydrogens is 348 g/mol. The van der Waals surface area contributed by atoms with Gasteiger partial charge in [0, 0.05) is 71.5 Å². The van der Waals surface area contributed by atoms with Gasteiger partial charge in [-0.2, -0.15) is 0 Å². The monoisotopic (exact) mass is 374 g/mol. The van der Waals surface area contributed by atoms with Crippen LogP contribution in [-0.4, -0.2) is 92.1 Å². The third-order valence-corrected chi connectivity index (χ3v) is 5.58. The molecule has 8 heteroatoms. The Morgan fingerprint density at radius 2 is 1.70 bits per heavy atom. The number of anilines is 1. The average molecular weight is 374 g/mol. The quantitative estimate of drug-likeness (QED) is 0.850. The lowest BCUT2D eigenvalue weighted by molar-refractivity contribution is -0.148. The highest BCUT2D eigenvalue weighted by Gasteiger charge is 2.59. The summed E-state index contributed by atoms with van der Waals surface area (Å²) in [6, 6.07) is 7.11. The highest BCUT2D eigenvalue weighted by atomic mass is 16.4. The van der Waals surface area contributed by atoms with E-state index in [2.05, 4.69) is 0 Å². The van der Waals surface area contributed by atoms with Gasteiger partial charge in [-0.25, -0.2) is 4.79 Å². The second kappa shape index (κ2) is 6.75. The van der Waals surface area contributed by atoms with Gasteiger partial charge in [-0.3, -0.25) is 9.59 Å². The number of hydrogen-bond acceptors (Lipinski definition) is 4. The number of rotatable bonds is 3. The summed E-state index contributed by atoms with van der Waals surface area (Å²) in [6.07, 6.45) is 0. The van der Waals surface area contributed by atoms with Crippen molar-refractivity contribution in [2.45, 2.75) is 0 Å². The summed E-state index contributed by atoms with van der Waals surface area (Å²) in [7, 11) is 7.11. The molecule has 3 amide bonds. The molecule has 2 aliphatic rings. The van der Waals surface area contributed by atoms with Crippen molar-refractivity contribution in [3.05, 3.63) is 29.8 Å². The zero-order valence-corrected chi connectivity index (χ0v) is 16.2. The van der Waals surface area contributed by atoms with E-state index < -0.39 is 11.4 Å². The molecule has 27 heavy (non-hydrogen) atoms. The second-order valence-electron chi connectivity index (χ2n) is 7.85. The van der Waals surface area contributed by atoms with Crippen LogP contribution >= 0.6 is 0 Å². The largest absolute Gasteiger partial charge is 0.481 e. The number of hydrogen-bond donors (Lipinski definition) is 1. The fourth-order valence-electron chi connectivity index (χ4n) is 4.05. The summed E-state index contributed by atoms with van der Waals surface area (Å²) >= 11 is 0. The highest BCUT2D eigenvalue weighted by Crippen LogP contribution is 2.43. The van der Waals surface area contributed by atoms with Crippen LogP contribution in [0.5, 0.6) is 0 Å². The maximum absolute atomic E-state index is 13.0. The van der Waals surface area contributed by atoms with Gasteiger partial charge in [-0.1, -0.05) is 6.07 Å². The lowest BCUT2D eigenvalue weighted by atomic mass is 9.81. The van der Waals surface area contributed by atoms with Crippen molar-refractivity contribution in [1.82, 2.24) is 14.7 Å². The predicted molar refractivity (Wildman–Crippen MR) is 101 cm³/mol. The van der Waals surface area contributed by atoms with Crippen molar-refractivity contribution in [3.63, 3.8) is 0 Å². The number of aliphatic carboxylic acids is 1. The van der Waals surface area contributed by atoms with Crippen LogP contribution in [-0.2, 0) is 4.79 Å². The molecule has 0 aromatic heterocycles. The van der Waals surface area contributed by atoms with Crippen LogP contribution in [0.1, 0.15) is 10.4 Å². The Morgan fingerprint density at radius 3 is 2.26 bits per heavy atom. The van der Waals surface area contributed by atoms with E-state index in [1.165, 1.54) is 4.90 Å². The molecule has 0 unspecified atom stereocenters. The van der Waals surface area contributed by atoms with Crippen LogP contribution in [0.15, 0.2) is 24.3 Å². The molecule has 0 spiro atoms. The summed E-state index contributed by atoms with van der Waals surface area (Å²) in [5.74, 6) is -1.38. The summed E-state index contributed by atoms with van der Waals surface area (Å²) in [5.41, 5.74) is 0.361. The van der Waals surface area contributed by atoms with Crippen LogP contribution in [0.3, 0.4) is 0 Å². The molecule has 0 radical (unpaired) electrons. The van der Waals surface area contributed by atoms with Crippen molar-refractivity contribution in [1.29, 1.82) is 0 Å². The first-order valence-electron chi connectivity index (χ1n) is 8.92. The Morgan fingerprint density at radius 1 is 1.07 bits per heavy atom. The lowest BCUT2D eigenvalue weighted by Gasteiger charge is -2.27. The molecule has 0 bridgehead atoms. The van der Waals surface area contributed by atoms with E-state index in [4.69, 9.17) is 0 Å². The zero-order chi connectivity index (χ0) is 19.9. The molecule has 0 saturated carbocycles. The topological polar surface area (TPSA) is 84.4 Å². The third kappa shape index (κ3) is 3.20. The molecule has 8 nitrogen and oxygen atoms in total. The molecule has 2 atom stereocenters. The number of likely N-dealkylation sites (tertiary alicyclic amines) is 2. The number of carbonyl (C=O) groups excluding carboxylic acids is 2. The second-order valence-corrected chi connectivity index (χ2v) is 7.85. The molecule has 0 aliphatic carbocycles. The predicted octanol–water partition coefficient (Wildman–Crippen LogP) is 0.893. The Hall–Kier alpha value is -2.77. The van der Waals surface area contributed by atoms with Crippen LogP contribution in [0.2, 0.25) is 0 Å². The van der Waals surface area contributed by atoms with Crippen molar-refractivity contribution in [2.75, 3.05) is 59.3 Å². The number of benzene rings is 1. The standard InChI is InChI=1S/C19H26N4O4/c1-20(2)15-7-5-6-13(8-15)16(24)22-9-14-10-23(18(27)21(3)4)12-19(14,11-22)17(25)26/h5-8,14H,9-12H2,1-4H3,(H,25,26)/t14-,19-/m1/s1. The van der Waals surface area contributed by atoms with Crippen molar-refractivity contribution in [3.8, 4) is 0 Å². The smallest absolute Gasteiger partial charge is 0.319 e. The number of amides is 3. The SMILES string of the molecule is CN(C)C(=O)N1C[C@H]2CN(C(=O)c3cccc(N(C)C)c3)C[C@@]2(C(=O)O)C1. The minimum absolute atomic E-state index is 0.120. The average Bonchev–Trinajstić information content (AvgIpc) is 3.16. The summed E-state index contributed by atoms with van der Waals surface area (Å²) < 4.78 is 0. The maximum Gasteiger partial charge on any atom is 0.319 e. The molecule has 1 aromatic rings. The van der Waals surface area contributed by atoms with Gasteiger partial charge >= 0.3 is 12.0 Å². The first kappa shape index (κ1) is 19.0. The fourth-order valence-corrected chi connectivity index (χ4v) is 4.05. The number of urea groups is 1. The molecule has 3 rings (SSSR count). The van der Waals surface area contributed by atoms with E-state index in [0.717, 1.165) is 5.69 Å². The Labute approximate surface area is 158 Å². The van der Waals surface area contributed by atoms with Gasteiger partial charge in [0.15, 0.2) is 0 Å². The molecule has 2 heterocycles. The van der Waals surface area contributed by atoms with E-state index in [0.29, 0.717) is 18.7 Å². The van der Waals surface area contributed by atoms with Gasteiger partial charge in [0.1, 0.15) is 5.41 Å². The van der Waals surface area contributed by atoms with E-state index in [1.807, 2.05) is 37.2 Å². The number of carboxylic acids is 1.